The fraction of sp³-hybridized carbons (Fsp3) is 0.0435. The Morgan fingerprint density at radius 1 is 0.938 bits per heavy atom. The highest BCUT2D eigenvalue weighted by atomic mass is 19.4. The molecule has 4 aromatic rings. The molecule has 0 amide bonds. The van der Waals surface area contributed by atoms with E-state index in [0.717, 1.165) is 12.1 Å². The molecule has 6 nitrogen and oxygen atoms in total. The predicted molar refractivity (Wildman–Crippen MR) is 111 cm³/mol. The molecular weight excluding hydrogens is 423 g/mol. The number of hydrogen-bond donors (Lipinski definition) is 2. The van der Waals surface area contributed by atoms with Gasteiger partial charge in [-0.3, -0.25) is 9.78 Å². The first-order valence-corrected chi connectivity index (χ1v) is 9.26. The Bertz CT molecular complexity index is 1370. The third kappa shape index (κ3) is 3.87. The van der Waals surface area contributed by atoms with Crippen molar-refractivity contribution in [1.82, 2.24) is 9.97 Å². The molecule has 0 atom stereocenters. The second-order valence-electron chi connectivity index (χ2n) is 6.94. The van der Waals surface area contributed by atoms with Gasteiger partial charge in [0.05, 0.1) is 27.9 Å². The molecule has 2 heterocycles. The molecule has 0 spiro atoms. The number of pyridine rings is 2. The van der Waals surface area contributed by atoms with Gasteiger partial charge in [-0.1, -0.05) is 12.1 Å². The number of hydrogen-bond acceptors (Lipinski definition) is 5. The molecule has 2 aromatic carbocycles. The molecule has 0 unspecified atom stereocenters. The summed E-state index contributed by atoms with van der Waals surface area (Å²) >= 11 is 0. The van der Waals surface area contributed by atoms with Crippen molar-refractivity contribution in [2.75, 3.05) is 5.73 Å². The number of aromatic carboxylic acids is 1. The summed E-state index contributed by atoms with van der Waals surface area (Å²) in [7, 11) is 0. The first-order valence-electron chi connectivity index (χ1n) is 9.26. The minimum absolute atomic E-state index is 0.0225. The summed E-state index contributed by atoms with van der Waals surface area (Å²) in [5, 5.41) is 9.60. The Labute approximate surface area is 179 Å². The van der Waals surface area contributed by atoms with Gasteiger partial charge in [0, 0.05) is 22.7 Å². The summed E-state index contributed by atoms with van der Waals surface area (Å²) in [5.41, 5.74) is 6.26. The molecule has 0 saturated heterocycles. The molecule has 160 valence electrons. The summed E-state index contributed by atoms with van der Waals surface area (Å²) in [5.74, 6) is -1.73. The average molecular weight is 437 g/mol. The van der Waals surface area contributed by atoms with Crippen molar-refractivity contribution in [2.24, 2.45) is 0 Å². The smallest absolute Gasteiger partial charge is 0.416 e. The minimum atomic E-state index is -4.48. The molecule has 2 aromatic heterocycles. The Balaban J connectivity index is 1.80. The maximum absolute atomic E-state index is 13.3. The van der Waals surface area contributed by atoms with Crippen LogP contribution in [0, 0.1) is 0 Å². The molecule has 0 aliphatic rings. The first kappa shape index (κ1) is 21.0. The summed E-state index contributed by atoms with van der Waals surface area (Å²) in [6.45, 7) is 0. The van der Waals surface area contributed by atoms with Gasteiger partial charge in [-0.25, -0.2) is 9.78 Å². The number of alkyl halides is 3. The quantitative estimate of drug-likeness (QED) is 0.443. The van der Waals surface area contributed by atoms with Gasteiger partial charge in [-0.2, -0.15) is 13.2 Å². The van der Waals surface area contributed by atoms with Gasteiger partial charge >= 0.3 is 12.1 Å². The lowest BCUT2D eigenvalue weighted by Crippen LogP contribution is -2.10. The van der Waals surface area contributed by atoms with Gasteiger partial charge in [0.15, 0.2) is 5.78 Å². The van der Waals surface area contributed by atoms with Gasteiger partial charge in [-0.15, -0.1) is 0 Å². The van der Waals surface area contributed by atoms with E-state index in [1.807, 2.05) is 0 Å². The minimum Gasteiger partial charge on any atom is -0.478 e. The van der Waals surface area contributed by atoms with E-state index in [1.165, 1.54) is 54.7 Å². The maximum Gasteiger partial charge on any atom is 0.416 e. The Kier molecular flexibility index (Phi) is 5.09. The molecular formula is C23H14F3N3O3. The number of carbonyl (C=O) groups is 2. The normalized spacial score (nSPS) is 11.5. The third-order valence-corrected chi connectivity index (χ3v) is 4.87. The molecule has 0 fully saturated rings. The number of anilines is 1. The number of fused-ring (bicyclic) bond motifs is 1. The maximum atomic E-state index is 13.3. The van der Waals surface area contributed by atoms with Crippen LogP contribution in [-0.2, 0) is 6.18 Å². The van der Waals surface area contributed by atoms with E-state index in [0.29, 0.717) is 16.5 Å². The number of rotatable bonds is 4. The average Bonchev–Trinajstić information content (AvgIpc) is 2.77. The zero-order valence-corrected chi connectivity index (χ0v) is 16.2. The van der Waals surface area contributed by atoms with Crippen LogP contribution in [0.25, 0.3) is 22.2 Å². The van der Waals surface area contributed by atoms with Crippen LogP contribution in [0.5, 0.6) is 0 Å². The molecule has 0 aliphatic carbocycles. The van der Waals surface area contributed by atoms with E-state index in [2.05, 4.69) is 9.97 Å². The Hall–Kier alpha value is -4.27. The zero-order chi connectivity index (χ0) is 23.0. The number of nitrogen functional groups attached to an aromatic ring is 1. The van der Waals surface area contributed by atoms with Crippen LogP contribution in [0.2, 0.25) is 0 Å². The van der Waals surface area contributed by atoms with Crippen molar-refractivity contribution in [1.29, 1.82) is 0 Å². The number of ketones is 1. The molecule has 0 radical (unpaired) electrons. The van der Waals surface area contributed by atoms with Gasteiger partial charge < -0.3 is 10.8 Å². The van der Waals surface area contributed by atoms with Crippen LogP contribution in [0.4, 0.5) is 19.0 Å². The highest BCUT2D eigenvalue weighted by molar-refractivity contribution is 6.16. The highest BCUT2D eigenvalue weighted by Gasteiger charge is 2.30. The molecule has 9 heteroatoms. The molecule has 0 bridgehead atoms. The van der Waals surface area contributed by atoms with Crippen molar-refractivity contribution in [2.45, 2.75) is 6.18 Å². The molecule has 4 rings (SSSR count). The monoisotopic (exact) mass is 437 g/mol. The van der Waals surface area contributed by atoms with Crippen molar-refractivity contribution in [3.63, 3.8) is 0 Å². The number of carboxylic acid groups (broad SMARTS) is 1. The molecule has 0 saturated carbocycles. The van der Waals surface area contributed by atoms with E-state index < -0.39 is 23.5 Å². The van der Waals surface area contributed by atoms with E-state index >= 15 is 0 Å². The fourth-order valence-electron chi connectivity index (χ4n) is 3.29. The Morgan fingerprint density at radius 2 is 1.66 bits per heavy atom. The zero-order valence-electron chi connectivity index (χ0n) is 16.2. The highest BCUT2D eigenvalue weighted by Crippen LogP contribution is 2.32. The summed E-state index contributed by atoms with van der Waals surface area (Å²) in [6.07, 6.45) is -3.06. The standard InChI is InChI=1S/C23H14F3N3O3/c24-23(25,26)15-6-3-12(4-7-15)19-16(2-1-9-28-19)20(30)17-11-14-10-13(22(31)32)5-8-18(14)29-21(17)27/h1-11H,(H2,27,29)(H,31,32). The second kappa shape index (κ2) is 7.77. The van der Waals surface area contributed by atoms with Crippen LogP contribution in [0.1, 0.15) is 31.8 Å². The number of nitrogens with two attached hydrogens (primary N) is 1. The molecule has 0 aliphatic heterocycles. The number of carbonyl (C=O) groups excluding carboxylic acids is 1. The van der Waals surface area contributed by atoms with Crippen LogP contribution in [0.3, 0.4) is 0 Å². The predicted octanol–water partition coefficient (Wildman–Crippen LogP) is 4.83. The van der Waals surface area contributed by atoms with Gasteiger partial charge in [0.25, 0.3) is 0 Å². The lowest BCUT2D eigenvalue weighted by molar-refractivity contribution is -0.137. The number of carboxylic acids is 1. The van der Waals surface area contributed by atoms with Crippen molar-refractivity contribution < 1.29 is 27.9 Å². The topological polar surface area (TPSA) is 106 Å². The number of aromatic nitrogens is 2. The van der Waals surface area contributed by atoms with Gasteiger partial charge in [-0.05, 0) is 48.5 Å². The van der Waals surface area contributed by atoms with Gasteiger partial charge in [0.2, 0.25) is 0 Å². The van der Waals surface area contributed by atoms with E-state index in [1.54, 1.807) is 0 Å². The summed E-state index contributed by atoms with van der Waals surface area (Å²) in [6, 6.07) is 13.0. The molecule has 32 heavy (non-hydrogen) atoms. The van der Waals surface area contributed by atoms with Crippen molar-refractivity contribution >= 4 is 28.5 Å². The van der Waals surface area contributed by atoms with Gasteiger partial charge in [0.1, 0.15) is 5.82 Å². The van der Waals surface area contributed by atoms with Crippen molar-refractivity contribution in [3.05, 3.63) is 89.1 Å². The largest absolute Gasteiger partial charge is 0.478 e. The summed E-state index contributed by atoms with van der Waals surface area (Å²) in [4.78, 5) is 32.9. The number of halogens is 3. The Morgan fingerprint density at radius 3 is 2.31 bits per heavy atom. The number of benzene rings is 2. The lowest BCUT2D eigenvalue weighted by atomic mass is 9.97. The van der Waals surface area contributed by atoms with Crippen LogP contribution < -0.4 is 5.73 Å². The fourth-order valence-corrected chi connectivity index (χ4v) is 3.29. The second-order valence-corrected chi connectivity index (χ2v) is 6.94. The van der Waals surface area contributed by atoms with E-state index in [-0.39, 0.29) is 28.2 Å². The first-order chi connectivity index (χ1) is 15.1. The SMILES string of the molecule is Nc1nc2ccc(C(=O)O)cc2cc1C(=O)c1cccnc1-c1ccc(C(F)(F)F)cc1. The van der Waals surface area contributed by atoms with Crippen LogP contribution in [-0.4, -0.2) is 26.8 Å². The summed E-state index contributed by atoms with van der Waals surface area (Å²) < 4.78 is 38.6. The third-order valence-electron chi connectivity index (χ3n) is 4.87. The molecule has 3 N–H and O–H groups in total. The number of nitrogens with zero attached hydrogens (tertiary/aromatic N) is 2. The van der Waals surface area contributed by atoms with Crippen molar-refractivity contribution in [3.8, 4) is 11.3 Å². The van der Waals surface area contributed by atoms with E-state index in [9.17, 15) is 27.9 Å². The van der Waals surface area contributed by atoms with E-state index in [4.69, 9.17) is 5.73 Å². The lowest BCUT2D eigenvalue weighted by Gasteiger charge is -2.12. The van der Waals surface area contributed by atoms with Crippen LogP contribution in [0.15, 0.2) is 66.9 Å². The van der Waals surface area contributed by atoms with Crippen LogP contribution >= 0.6 is 0 Å².